The lowest BCUT2D eigenvalue weighted by molar-refractivity contribution is 0.0521. The van der Waals surface area contributed by atoms with Crippen molar-refractivity contribution in [2.24, 2.45) is 0 Å². The summed E-state index contributed by atoms with van der Waals surface area (Å²) in [6.07, 6.45) is 1.16. The summed E-state index contributed by atoms with van der Waals surface area (Å²) in [5.74, 6) is -0.631. The lowest BCUT2D eigenvalue weighted by Crippen LogP contribution is -2.31. The zero-order chi connectivity index (χ0) is 11.4. The predicted molar refractivity (Wildman–Crippen MR) is 54.4 cm³/mol. The molecule has 0 atom stereocenters. The van der Waals surface area contributed by atoms with Crippen molar-refractivity contribution in [3.8, 4) is 0 Å². The number of hydrogen-bond donors (Lipinski definition) is 3. The molecular formula is C8H11BN2O4. The molecule has 0 aliphatic rings. The van der Waals surface area contributed by atoms with Gasteiger partial charge in [-0.2, -0.15) is 0 Å². The van der Waals surface area contributed by atoms with E-state index in [2.05, 4.69) is 4.98 Å². The average Bonchev–Trinajstić information content (AvgIpc) is 2.17. The first kappa shape index (κ1) is 11.5. The van der Waals surface area contributed by atoms with Gasteiger partial charge < -0.3 is 20.5 Å². The van der Waals surface area contributed by atoms with E-state index in [1.807, 2.05) is 0 Å². The zero-order valence-corrected chi connectivity index (χ0v) is 8.17. The Kier molecular flexibility index (Phi) is 3.65. The van der Waals surface area contributed by atoms with E-state index < -0.39 is 13.1 Å². The standard InChI is InChI=1S/C8H11BN2O4/c1-2-15-8(12)7-6(10)3-5(4-11-7)9(13)14/h3-4,13-14H,2,10H2,1H3. The number of carbonyl (C=O) groups is 1. The molecule has 15 heavy (non-hydrogen) atoms. The SMILES string of the molecule is CCOC(=O)c1ncc(B(O)O)cc1N. The number of nitrogens with two attached hydrogens (primary N) is 1. The molecule has 0 spiro atoms. The maximum absolute atomic E-state index is 11.3. The second kappa shape index (κ2) is 4.76. The van der Waals surface area contributed by atoms with E-state index >= 15 is 0 Å². The van der Waals surface area contributed by atoms with Crippen molar-refractivity contribution >= 4 is 24.2 Å². The van der Waals surface area contributed by atoms with Gasteiger partial charge in [0.2, 0.25) is 0 Å². The van der Waals surface area contributed by atoms with Crippen LogP contribution in [0.5, 0.6) is 0 Å². The first-order valence-electron chi connectivity index (χ1n) is 4.35. The maximum Gasteiger partial charge on any atom is 0.490 e. The van der Waals surface area contributed by atoms with Crippen molar-refractivity contribution in [2.75, 3.05) is 12.3 Å². The van der Waals surface area contributed by atoms with Crippen molar-refractivity contribution in [3.05, 3.63) is 18.0 Å². The highest BCUT2D eigenvalue weighted by Crippen LogP contribution is 2.07. The van der Waals surface area contributed by atoms with Crippen LogP contribution in [0.1, 0.15) is 17.4 Å². The van der Waals surface area contributed by atoms with Crippen LogP contribution in [0.15, 0.2) is 12.3 Å². The monoisotopic (exact) mass is 210 g/mol. The smallest absolute Gasteiger partial charge is 0.461 e. The molecule has 0 aliphatic heterocycles. The van der Waals surface area contributed by atoms with E-state index in [0.29, 0.717) is 0 Å². The number of carbonyl (C=O) groups excluding carboxylic acids is 1. The Bertz CT molecular complexity index is 370. The second-order valence-corrected chi connectivity index (χ2v) is 2.80. The third-order valence-corrected chi connectivity index (χ3v) is 1.71. The van der Waals surface area contributed by atoms with Crippen LogP contribution in [-0.4, -0.2) is 34.7 Å². The van der Waals surface area contributed by atoms with Crippen LogP contribution in [0, 0.1) is 0 Å². The van der Waals surface area contributed by atoms with Gasteiger partial charge in [-0.3, -0.25) is 0 Å². The molecule has 7 heteroatoms. The first-order chi connectivity index (χ1) is 7.06. The van der Waals surface area contributed by atoms with Gasteiger partial charge in [-0.1, -0.05) is 0 Å². The summed E-state index contributed by atoms with van der Waals surface area (Å²) in [7, 11) is -1.66. The third kappa shape index (κ3) is 2.68. The first-order valence-corrected chi connectivity index (χ1v) is 4.35. The molecular weight excluding hydrogens is 199 g/mol. The van der Waals surface area contributed by atoms with Gasteiger partial charge in [-0.15, -0.1) is 0 Å². The average molecular weight is 210 g/mol. The highest BCUT2D eigenvalue weighted by atomic mass is 16.5. The quantitative estimate of drug-likeness (QED) is 0.415. The molecule has 1 aromatic heterocycles. The van der Waals surface area contributed by atoms with Gasteiger partial charge in [0.25, 0.3) is 0 Å². The van der Waals surface area contributed by atoms with Gasteiger partial charge >= 0.3 is 13.1 Å². The molecule has 1 aromatic rings. The Morgan fingerprint density at radius 3 is 2.80 bits per heavy atom. The van der Waals surface area contributed by atoms with Gasteiger partial charge in [0, 0.05) is 11.7 Å². The number of nitrogen functional groups attached to an aromatic ring is 1. The van der Waals surface area contributed by atoms with E-state index in [0.717, 1.165) is 6.20 Å². The number of nitrogens with zero attached hydrogens (tertiary/aromatic N) is 1. The molecule has 0 saturated heterocycles. The number of rotatable bonds is 3. The fourth-order valence-electron chi connectivity index (χ4n) is 1.01. The van der Waals surface area contributed by atoms with Crippen LogP contribution in [0.3, 0.4) is 0 Å². The Hall–Kier alpha value is -1.60. The lowest BCUT2D eigenvalue weighted by atomic mass is 9.81. The molecule has 0 radical (unpaired) electrons. The van der Waals surface area contributed by atoms with Gasteiger partial charge in [0.1, 0.15) is 0 Å². The van der Waals surface area contributed by atoms with E-state index in [4.69, 9.17) is 20.5 Å². The highest BCUT2D eigenvalue weighted by molar-refractivity contribution is 6.58. The van der Waals surface area contributed by atoms with Gasteiger partial charge in [-0.25, -0.2) is 9.78 Å². The molecule has 80 valence electrons. The molecule has 0 bridgehead atoms. The van der Waals surface area contributed by atoms with E-state index in [1.165, 1.54) is 6.07 Å². The van der Waals surface area contributed by atoms with Crippen molar-refractivity contribution < 1.29 is 19.6 Å². The number of anilines is 1. The molecule has 1 heterocycles. The molecule has 1 rings (SSSR count). The minimum atomic E-state index is -1.66. The number of aromatic nitrogens is 1. The fourth-order valence-corrected chi connectivity index (χ4v) is 1.01. The topological polar surface area (TPSA) is 106 Å². The zero-order valence-electron chi connectivity index (χ0n) is 8.17. The van der Waals surface area contributed by atoms with Gasteiger partial charge in [-0.05, 0) is 13.0 Å². The summed E-state index contributed by atoms with van der Waals surface area (Å²) in [6.45, 7) is 1.89. The van der Waals surface area contributed by atoms with Crippen LogP contribution >= 0.6 is 0 Å². The Morgan fingerprint density at radius 2 is 2.33 bits per heavy atom. The summed E-state index contributed by atoms with van der Waals surface area (Å²) < 4.78 is 4.70. The van der Waals surface area contributed by atoms with Crippen LogP contribution < -0.4 is 11.2 Å². The van der Waals surface area contributed by atoms with Crippen LogP contribution in [0.2, 0.25) is 0 Å². The van der Waals surface area contributed by atoms with Crippen LogP contribution in [0.4, 0.5) is 5.69 Å². The maximum atomic E-state index is 11.3. The van der Waals surface area contributed by atoms with Gasteiger partial charge in [0.05, 0.1) is 12.3 Å². The van der Waals surface area contributed by atoms with Crippen molar-refractivity contribution in [1.82, 2.24) is 4.98 Å². The third-order valence-electron chi connectivity index (χ3n) is 1.71. The minimum absolute atomic E-state index is 0.0266. The van der Waals surface area contributed by atoms with E-state index in [-0.39, 0.29) is 23.5 Å². The molecule has 6 nitrogen and oxygen atoms in total. The van der Waals surface area contributed by atoms with Crippen LogP contribution in [-0.2, 0) is 4.74 Å². The largest absolute Gasteiger partial charge is 0.490 e. The number of ether oxygens (including phenoxy) is 1. The molecule has 0 fully saturated rings. The summed E-state index contributed by atoms with van der Waals surface area (Å²) in [5.41, 5.74) is 5.66. The summed E-state index contributed by atoms with van der Waals surface area (Å²) in [5, 5.41) is 17.6. The predicted octanol–water partition coefficient (Wildman–Crippen LogP) is -1.48. The van der Waals surface area contributed by atoms with E-state index in [9.17, 15) is 4.79 Å². The Balaban J connectivity index is 2.98. The Labute approximate surface area is 86.8 Å². The van der Waals surface area contributed by atoms with E-state index in [1.54, 1.807) is 6.92 Å². The molecule has 0 aliphatic carbocycles. The molecule has 0 aromatic carbocycles. The number of esters is 1. The van der Waals surface area contributed by atoms with Crippen LogP contribution in [0.25, 0.3) is 0 Å². The summed E-state index contributed by atoms with van der Waals surface area (Å²) in [6, 6.07) is 1.27. The normalized spacial score (nSPS) is 9.80. The van der Waals surface area contributed by atoms with Crippen molar-refractivity contribution in [3.63, 3.8) is 0 Å². The fraction of sp³-hybridized carbons (Fsp3) is 0.250. The van der Waals surface area contributed by atoms with Gasteiger partial charge in [0.15, 0.2) is 5.69 Å². The molecule has 0 saturated carbocycles. The number of hydrogen-bond acceptors (Lipinski definition) is 6. The molecule has 0 amide bonds. The lowest BCUT2D eigenvalue weighted by Gasteiger charge is -2.05. The van der Waals surface area contributed by atoms with Crippen molar-refractivity contribution in [2.45, 2.75) is 6.92 Å². The molecule has 0 unspecified atom stereocenters. The van der Waals surface area contributed by atoms with Crippen molar-refractivity contribution in [1.29, 1.82) is 0 Å². The summed E-state index contributed by atoms with van der Waals surface area (Å²) in [4.78, 5) is 15.0. The molecule has 4 N–H and O–H groups in total. The Morgan fingerprint density at radius 1 is 1.67 bits per heavy atom. The summed E-state index contributed by atoms with van der Waals surface area (Å²) >= 11 is 0. The second-order valence-electron chi connectivity index (χ2n) is 2.80. The highest BCUT2D eigenvalue weighted by Gasteiger charge is 2.17. The minimum Gasteiger partial charge on any atom is -0.461 e. The number of pyridine rings is 1.